The van der Waals surface area contributed by atoms with Crippen LogP contribution in [0.1, 0.15) is 55.5 Å². The van der Waals surface area contributed by atoms with E-state index >= 15 is 0 Å². The fourth-order valence-corrected chi connectivity index (χ4v) is 3.78. The number of unbranched alkanes of at least 4 members (excludes halogenated alkanes) is 2. The van der Waals surface area contributed by atoms with E-state index in [1.54, 1.807) is 24.3 Å². The quantitative estimate of drug-likeness (QED) is 0.620. The Morgan fingerprint density at radius 3 is 2.38 bits per heavy atom. The Bertz CT molecular complexity index is 1130. The monoisotopic (exact) mass is 439 g/mol. The number of aromatic amines is 1. The Kier molecular flexibility index (Phi) is 6.97. The maximum absolute atomic E-state index is 13.4. The van der Waals surface area contributed by atoms with Crippen LogP contribution in [-0.2, 0) is 11.3 Å². The topological polar surface area (TPSA) is 121 Å². The summed E-state index contributed by atoms with van der Waals surface area (Å²) >= 11 is 0. The molecule has 0 atom stereocenters. The van der Waals surface area contributed by atoms with E-state index in [1.165, 1.54) is 14.4 Å². The molecule has 1 aromatic heterocycles. The molecule has 32 heavy (non-hydrogen) atoms. The van der Waals surface area contributed by atoms with Crippen molar-refractivity contribution in [2.24, 2.45) is 0 Å². The predicted octanol–water partition coefficient (Wildman–Crippen LogP) is 2.18. The van der Waals surface area contributed by atoms with Crippen molar-refractivity contribution in [1.29, 1.82) is 0 Å². The molecule has 9 heteroatoms. The molecular formula is C23H29N5O4. The van der Waals surface area contributed by atoms with Gasteiger partial charge in [0.2, 0.25) is 5.91 Å². The third kappa shape index (κ3) is 4.23. The zero-order chi connectivity index (χ0) is 23.4. The summed E-state index contributed by atoms with van der Waals surface area (Å²) in [6.45, 7) is 8.17. The van der Waals surface area contributed by atoms with Crippen LogP contribution in [0.4, 0.5) is 11.5 Å². The van der Waals surface area contributed by atoms with Crippen molar-refractivity contribution >= 4 is 29.0 Å². The maximum Gasteiger partial charge on any atom is 0.330 e. The minimum atomic E-state index is -0.723. The number of H-pyrrole nitrogens is 1. The molecule has 3 rings (SSSR count). The Morgan fingerprint density at radius 1 is 1.09 bits per heavy atom. The van der Waals surface area contributed by atoms with Gasteiger partial charge >= 0.3 is 5.69 Å². The SMILES string of the molecule is C=C1c2ccccc2C(=O)N1CC(=O)N(CCCC)c1c(N)n(CCCC)c(=O)[nH]c1=O. The first kappa shape index (κ1) is 23.1. The molecule has 0 bridgehead atoms. The van der Waals surface area contributed by atoms with Gasteiger partial charge in [0.15, 0.2) is 5.69 Å². The second-order valence-electron chi connectivity index (χ2n) is 7.78. The minimum Gasteiger partial charge on any atom is -0.383 e. The molecule has 0 spiro atoms. The van der Waals surface area contributed by atoms with E-state index in [0.717, 1.165) is 12.8 Å². The average molecular weight is 440 g/mol. The van der Waals surface area contributed by atoms with Gasteiger partial charge in [-0.2, -0.15) is 0 Å². The number of carbonyl (C=O) groups excluding carboxylic acids is 2. The lowest BCUT2D eigenvalue weighted by atomic mass is 10.1. The number of nitrogen functional groups attached to an aromatic ring is 1. The van der Waals surface area contributed by atoms with Crippen LogP contribution in [0.5, 0.6) is 0 Å². The molecule has 170 valence electrons. The second kappa shape index (κ2) is 9.67. The summed E-state index contributed by atoms with van der Waals surface area (Å²) < 4.78 is 1.28. The van der Waals surface area contributed by atoms with Gasteiger partial charge in [-0.1, -0.05) is 51.5 Å². The Morgan fingerprint density at radius 2 is 1.75 bits per heavy atom. The molecule has 0 fully saturated rings. The number of aromatic nitrogens is 2. The van der Waals surface area contributed by atoms with Crippen molar-refractivity contribution in [2.75, 3.05) is 23.7 Å². The molecule has 0 radical (unpaired) electrons. The van der Waals surface area contributed by atoms with Crippen molar-refractivity contribution in [3.05, 3.63) is 62.8 Å². The number of anilines is 2. The van der Waals surface area contributed by atoms with Gasteiger partial charge in [-0.05, 0) is 18.9 Å². The van der Waals surface area contributed by atoms with Crippen molar-refractivity contribution in [3.63, 3.8) is 0 Å². The van der Waals surface area contributed by atoms with E-state index in [9.17, 15) is 19.2 Å². The zero-order valence-corrected chi connectivity index (χ0v) is 18.5. The molecule has 1 aliphatic heterocycles. The molecule has 0 aliphatic carbocycles. The number of hydrogen-bond acceptors (Lipinski definition) is 5. The Labute approximate surface area is 186 Å². The first-order chi connectivity index (χ1) is 15.3. The largest absolute Gasteiger partial charge is 0.383 e. The van der Waals surface area contributed by atoms with E-state index in [-0.39, 0.29) is 30.5 Å². The van der Waals surface area contributed by atoms with E-state index in [1.807, 2.05) is 13.8 Å². The third-order valence-corrected chi connectivity index (χ3v) is 5.59. The van der Waals surface area contributed by atoms with Gasteiger partial charge in [-0.3, -0.25) is 28.8 Å². The number of carbonyl (C=O) groups is 2. The van der Waals surface area contributed by atoms with E-state index in [0.29, 0.717) is 36.2 Å². The number of nitrogens with zero attached hydrogens (tertiary/aromatic N) is 3. The Hall–Kier alpha value is -3.62. The molecule has 1 aromatic carbocycles. The van der Waals surface area contributed by atoms with Gasteiger partial charge in [0.25, 0.3) is 11.5 Å². The lowest BCUT2D eigenvalue weighted by Crippen LogP contribution is -2.45. The van der Waals surface area contributed by atoms with E-state index in [4.69, 9.17) is 5.73 Å². The normalized spacial score (nSPS) is 12.9. The molecule has 0 saturated carbocycles. The minimum absolute atomic E-state index is 0.0495. The van der Waals surface area contributed by atoms with E-state index in [2.05, 4.69) is 11.6 Å². The summed E-state index contributed by atoms with van der Waals surface area (Å²) in [6.07, 6.45) is 2.92. The highest BCUT2D eigenvalue weighted by atomic mass is 16.2. The maximum atomic E-state index is 13.4. The fraction of sp³-hybridized carbons (Fsp3) is 0.391. The van der Waals surface area contributed by atoms with Crippen LogP contribution >= 0.6 is 0 Å². The lowest BCUT2D eigenvalue weighted by molar-refractivity contribution is -0.118. The molecule has 2 amide bonds. The number of amides is 2. The molecule has 1 aliphatic rings. The Balaban J connectivity index is 1.97. The number of fused-ring (bicyclic) bond motifs is 1. The molecule has 0 saturated heterocycles. The van der Waals surface area contributed by atoms with Gasteiger partial charge in [0.05, 0.1) is 0 Å². The van der Waals surface area contributed by atoms with Gasteiger partial charge in [0.1, 0.15) is 12.4 Å². The summed E-state index contributed by atoms with van der Waals surface area (Å²) in [5, 5.41) is 0. The first-order valence-corrected chi connectivity index (χ1v) is 10.8. The first-order valence-electron chi connectivity index (χ1n) is 10.8. The fourth-order valence-electron chi connectivity index (χ4n) is 3.78. The molecule has 3 N–H and O–H groups in total. The van der Waals surface area contributed by atoms with E-state index < -0.39 is 17.2 Å². The number of nitrogens with two attached hydrogens (primary N) is 1. The second-order valence-corrected chi connectivity index (χ2v) is 7.78. The summed E-state index contributed by atoms with van der Waals surface area (Å²) in [6, 6.07) is 7.02. The average Bonchev–Trinajstić information content (AvgIpc) is 3.00. The van der Waals surface area contributed by atoms with Crippen LogP contribution in [0.15, 0.2) is 40.4 Å². The van der Waals surface area contributed by atoms with Crippen LogP contribution in [0.25, 0.3) is 5.70 Å². The number of hydrogen-bond donors (Lipinski definition) is 2. The standard InChI is InChI=1S/C23H29N5O4/c1-4-6-12-26(19-20(24)27(13-7-5-2)23(32)25-21(19)30)18(29)14-28-15(3)16-10-8-9-11-17(16)22(28)31/h8-11H,3-7,12-14,24H2,1-2H3,(H,25,30,32). The van der Waals surface area contributed by atoms with Crippen molar-refractivity contribution < 1.29 is 9.59 Å². The van der Waals surface area contributed by atoms with Gasteiger partial charge in [-0.25, -0.2) is 4.79 Å². The van der Waals surface area contributed by atoms with Crippen molar-refractivity contribution in [3.8, 4) is 0 Å². The smallest absolute Gasteiger partial charge is 0.330 e. The van der Waals surface area contributed by atoms with Crippen LogP contribution in [0.3, 0.4) is 0 Å². The molecular weight excluding hydrogens is 410 g/mol. The van der Waals surface area contributed by atoms with Crippen molar-refractivity contribution in [1.82, 2.24) is 14.5 Å². The summed E-state index contributed by atoms with van der Waals surface area (Å²) in [7, 11) is 0. The summed E-state index contributed by atoms with van der Waals surface area (Å²) in [5.74, 6) is -0.839. The zero-order valence-electron chi connectivity index (χ0n) is 18.5. The van der Waals surface area contributed by atoms with Crippen molar-refractivity contribution in [2.45, 2.75) is 46.1 Å². The molecule has 9 nitrogen and oxygen atoms in total. The lowest BCUT2D eigenvalue weighted by Gasteiger charge is -2.27. The molecule has 2 aromatic rings. The predicted molar refractivity (Wildman–Crippen MR) is 124 cm³/mol. The van der Waals surface area contributed by atoms with Crippen LogP contribution in [0.2, 0.25) is 0 Å². The van der Waals surface area contributed by atoms with Gasteiger partial charge < -0.3 is 10.6 Å². The van der Waals surface area contributed by atoms with Crippen LogP contribution < -0.4 is 21.9 Å². The van der Waals surface area contributed by atoms with Crippen LogP contribution in [-0.4, -0.2) is 39.4 Å². The van der Waals surface area contributed by atoms with Gasteiger partial charge in [-0.15, -0.1) is 0 Å². The highest BCUT2D eigenvalue weighted by Crippen LogP contribution is 2.31. The number of benzene rings is 1. The molecule has 0 unspecified atom stereocenters. The number of nitrogens with one attached hydrogen (secondary N) is 1. The highest BCUT2D eigenvalue weighted by molar-refractivity contribution is 6.11. The highest BCUT2D eigenvalue weighted by Gasteiger charge is 2.34. The number of rotatable bonds is 9. The van der Waals surface area contributed by atoms with Gasteiger partial charge in [0, 0.05) is 29.9 Å². The summed E-state index contributed by atoms with van der Waals surface area (Å²) in [4.78, 5) is 56.0. The van der Waals surface area contributed by atoms with Crippen LogP contribution in [0, 0.1) is 0 Å². The third-order valence-electron chi connectivity index (χ3n) is 5.59. The molecule has 2 heterocycles. The summed E-state index contributed by atoms with van der Waals surface area (Å²) in [5.41, 5.74) is 6.42.